The van der Waals surface area contributed by atoms with Gasteiger partial charge >= 0.3 is 5.63 Å². The van der Waals surface area contributed by atoms with Gasteiger partial charge in [-0.2, -0.15) is 0 Å². The molecule has 21 heavy (non-hydrogen) atoms. The second-order valence-electron chi connectivity index (χ2n) is 5.63. The molecule has 0 amide bonds. The van der Waals surface area contributed by atoms with Gasteiger partial charge in [-0.05, 0) is 55.6 Å². The number of benzene rings is 1. The molecule has 0 aliphatic carbocycles. The topological polar surface area (TPSA) is 53.7 Å². The van der Waals surface area contributed by atoms with Gasteiger partial charge < -0.3 is 9.52 Å². The van der Waals surface area contributed by atoms with E-state index in [-0.39, 0.29) is 12.2 Å². The van der Waals surface area contributed by atoms with Gasteiger partial charge in [0.1, 0.15) is 5.58 Å². The lowest BCUT2D eigenvalue weighted by Crippen LogP contribution is -2.34. The average Bonchev–Trinajstić information content (AvgIpc) is 2.47. The molecule has 4 nitrogen and oxygen atoms in total. The zero-order chi connectivity index (χ0) is 14.8. The molecule has 1 aliphatic heterocycles. The number of aliphatic hydroxyl groups is 1. The molecule has 1 aromatic carbocycles. The molecule has 0 unspecified atom stereocenters. The Bertz CT molecular complexity index is 689. The molecule has 5 heteroatoms. The van der Waals surface area contributed by atoms with Crippen LogP contribution in [0.1, 0.15) is 18.4 Å². The highest BCUT2D eigenvalue weighted by molar-refractivity contribution is 9.10. The van der Waals surface area contributed by atoms with Gasteiger partial charge in [0.2, 0.25) is 0 Å². The smallest absolute Gasteiger partial charge is 0.336 e. The lowest BCUT2D eigenvalue weighted by atomic mass is 9.97. The molecule has 2 aromatic rings. The van der Waals surface area contributed by atoms with Gasteiger partial charge in [0.15, 0.2) is 0 Å². The Balaban J connectivity index is 1.85. The van der Waals surface area contributed by atoms with E-state index in [0.717, 1.165) is 47.9 Å². The Kier molecular flexibility index (Phi) is 4.42. The van der Waals surface area contributed by atoms with Crippen LogP contribution >= 0.6 is 15.9 Å². The molecule has 1 aromatic heterocycles. The van der Waals surface area contributed by atoms with E-state index in [1.165, 1.54) is 0 Å². The molecule has 3 rings (SSSR count). The molecule has 1 saturated heterocycles. The molecule has 0 spiro atoms. The van der Waals surface area contributed by atoms with Gasteiger partial charge in [0.05, 0.1) is 0 Å². The summed E-state index contributed by atoms with van der Waals surface area (Å²) in [6.07, 6.45) is 2.03. The van der Waals surface area contributed by atoms with Crippen LogP contribution < -0.4 is 5.63 Å². The molecule has 112 valence electrons. The van der Waals surface area contributed by atoms with E-state index in [4.69, 9.17) is 4.42 Å². The molecule has 1 N–H and O–H groups in total. The summed E-state index contributed by atoms with van der Waals surface area (Å²) < 4.78 is 6.17. The highest BCUT2D eigenvalue weighted by atomic mass is 79.9. The van der Waals surface area contributed by atoms with E-state index in [0.29, 0.717) is 11.5 Å². The second kappa shape index (κ2) is 6.30. The van der Waals surface area contributed by atoms with Crippen molar-refractivity contribution in [2.45, 2.75) is 19.4 Å². The fourth-order valence-electron chi connectivity index (χ4n) is 2.90. The molecule has 1 aliphatic rings. The Morgan fingerprint density at radius 3 is 2.76 bits per heavy atom. The first-order valence-corrected chi connectivity index (χ1v) is 8.00. The van der Waals surface area contributed by atoms with Crippen molar-refractivity contribution in [2.75, 3.05) is 19.7 Å². The summed E-state index contributed by atoms with van der Waals surface area (Å²) in [4.78, 5) is 14.1. The van der Waals surface area contributed by atoms with E-state index in [9.17, 15) is 9.90 Å². The molecular formula is C16H18BrNO3. The van der Waals surface area contributed by atoms with E-state index in [1.807, 2.05) is 18.2 Å². The van der Waals surface area contributed by atoms with E-state index in [2.05, 4.69) is 20.8 Å². The fourth-order valence-corrected chi connectivity index (χ4v) is 3.24. The first-order chi connectivity index (χ1) is 10.2. The van der Waals surface area contributed by atoms with Gasteiger partial charge in [-0.1, -0.05) is 15.9 Å². The number of fused-ring (bicyclic) bond motifs is 1. The van der Waals surface area contributed by atoms with Crippen LogP contribution in [0.2, 0.25) is 0 Å². The van der Waals surface area contributed by atoms with E-state index < -0.39 is 0 Å². The largest absolute Gasteiger partial charge is 0.423 e. The van der Waals surface area contributed by atoms with Crippen molar-refractivity contribution in [1.82, 2.24) is 4.90 Å². The van der Waals surface area contributed by atoms with Crippen LogP contribution in [0, 0.1) is 5.92 Å². The molecule has 0 atom stereocenters. The predicted molar refractivity (Wildman–Crippen MR) is 85.3 cm³/mol. The van der Waals surface area contributed by atoms with Crippen LogP contribution in [0.3, 0.4) is 0 Å². The van der Waals surface area contributed by atoms with Crippen molar-refractivity contribution in [3.8, 4) is 0 Å². The summed E-state index contributed by atoms with van der Waals surface area (Å²) in [5.74, 6) is 0.426. The zero-order valence-electron chi connectivity index (χ0n) is 11.7. The molecule has 2 heterocycles. The monoisotopic (exact) mass is 351 g/mol. The number of piperidine rings is 1. The number of nitrogens with zero attached hydrogens (tertiary/aromatic N) is 1. The first kappa shape index (κ1) is 14.8. The lowest BCUT2D eigenvalue weighted by molar-refractivity contribution is 0.127. The van der Waals surface area contributed by atoms with E-state index in [1.54, 1.807) is 6.07 Å². The number of likely N-dealkylation sites (tertiary alicyclic amines) is 1. The number of hydrogen-bond donors (Lipinski definition) is 1. The third kappa shape index (κ3) is 3.36. The predicted octanol–water partition coefficient (Wildman–Crippen LogP) is 2.76. The standard InChI is InChI=1S/C16H18BrNO3/c17-13-1-2-14-12(7-16(20)21-15(14)8-13)9-18-5-3-11(10-19)4-6-18/h1-2,7-8,11,19H,3-6,9-10H2. The summed E-state index contributed by atoms with van der Waals surface area (Å²) >= 11 is 3.40. The van der Waals surface area contributed by atoms with Crippen molar-refractivity contribution >= 4 is 26.9 Å². The minimum absolute atomic E-state index is 0.278. The van der Waals surface area contributed by atoms with Crippen molar-refractivity contribution in [1.29, 1.82) is 0 Å². The highest BCUT2D eigenvalue weighted by Crippen LogP contribution is 2.24. The summed E-state index contributed by atoms with van der Waals surface area (Å²) in [5, 5.41) is 10.2. The van der Waals surface area contributed by atoms with Crippen LogP contribution in [-0.4, -0.2) is 29.7 Å². The summed E-state index contributed by atoms with van der Waals surface area (Å²) in [6, 6.07) is 7.37. The Labute approximate surface area is 131 Å². The van der Waals surface area contributed by atoms with Crippen LogP contribution in [0.15, 0.2) is 37.9 Å². The Morgan fingerprint density at radius 1 is 1.29 bits per heavy atom. The van der Waals surface area contributed by atoms with Crippen molar-refractivity contribution < 1.29 is 9.52 Å². The molecule has 0 radical (unpaired) electrons. The maximum Gasteiger partial charge on any atom is 0.336 e. The maximum atomic E-state index is 11.7. The highest BCUT2D eigenvalue weighted by Gasteiger charge is 2.19. The number of aliphatic hydroxyl groups excluding tert-OH is 1. The van der Waals surface area contributed by atoms with Crippen molar-refractivity contribution in [3.05, 3.63) is 44.7 Å². The summed E-state index contributed by atoms with van der Waals surface area (Å²) in [7, 11) is 0. The normalized spacial score (nSPS) is 17.4. The number of rotatable bonds is 3. The maximum absolute atomic E-state index is 11.7. The third-order valence-electron chi connectivity index (χ3n) is 4.15. The minimum atomic E-state index is -0.305. The molecular weight excluding hydrogens is 334 g/mol. The van der Waals surface area contributed by atoms with Crippen LogP contribution in [0.5, 0.6) is 0 Å². The first-order valence-electron chi connectivity index (χ1n) is 7.21. The number of halogens is 1. The third-order valence-corrected chi connectivity index (χ3v) is 4.64. The summed E-state index contributed by atoms with van der Waals surface area (Å²) in [6.45, 7) is 2.95. The molecule has 0 saturated carbocycles. The second-order valence-corrected chi connectivity index (χ2v) is 6.55. The van der Waals surface area contributed by atoms with Crippen molar-refractivity contribution in [3.63, 3.8) is 0 Å². The van der Waals surface area contributed by atoms with Gasteiger partial charge in [0, 0.05) is 29.1 Å². The Morgan fingerprint density at radius 2 is 2.05 bits per heavy atom. The quantitative estimate of drug-likeness (QED) is 0.864. The van der Waals surface area contributed by atoms with E-state index >= 15 is 0 Å². The average molecular weight is 352 g/mol. The zero-order valence-corrected chi connectivity index (χ0v) is 13.3. The number of hydrogen-bond acceptors (Lipinski definition) is 4. The SMILES string of the molecule is O=c1cc(CN2CCC(CO)CC2)c2ccc(Br)cc2o1. The Hall–Kier alpha value is -1.17. The van der Waals surface area contributed by atoms with Gasteiger partial charge in [-0.25, -0.2) is 4.79 Å². The molecule has 1 fully saturated rings. The van der Waals surface area contributed by atoms with Gasteiger partial charge in [0.25, 0.3) is 0 Å². The van der Waals surface area contributed by atoms with Crippen LogP contribution in [0.4, 0.5) is 0 Å². The summed E-state index contributed by atoms with van der Waals surface area (Å²) in [5.41, 5.74) is 1.33. The fraction of sp³-hybridized carbons (Fsp3) is 0.438. The van der Waals surface area contributed by atoms with Crippen LogP contribution in [-0.2, 0) is 6.54 Å². The van der Waals surface area contributed by atoms with Gasteiger partial charge in [-0.3, -0.25) is 4.90 Å². The van der Waals surface area contributed by atoms with Crippen molar-refractivity contribution in [2.24, 2.45) is 5.92 Å². The van der Waals surface area contributed by atoms with Crippen LogP contribution in [0.25, 0.3) is 11.0 Å². The minimum Gasteiger partial charge on any atom is -0.423 e. The van der Waals surface area contributed by atoms with Gasteiger partial charge in [-0.15, -0.1) is 0 Å². The molecule has 0 bridgehead atoms. The lowest BCUT2D eigenvalue weighted by Gasteiger charge is -2.31.